The van der Waals surface area contributed by atoms with E-state index in [0.29, 0.717) is 6.04 Å². The van der Waals surface area contributed by atoms with Gasteiger partial charge in [0.15, 0.2) is 0 Å². The van der Waals surface area contributed by atoms with Crippen molar-refractivity contribution in [3.63, 3.8) is 0 Å². The monoisotopic (exact) mass is 252 g/mol. The molecule has 0 bridgehead atoms. The molecule has 94 valence electrons. The molecule has 2 N–H and O–H groups in total. The van der Waals surface area contributed by atoms with Gasteiger partial charge in [0.1, 0.15) is 0 Å². The van der Waals surface area contributed by atoms with Crippen LogP contribution in [0.25, 0.3) is 0 Å². The predicted octanol–water partition coefficient (Wildman–Crippen LogP) is 3.21. The Morgan fingerprint density at radius 2 is 2.12 bits per heavy atom. The summed E-state index contributed by atoms with van der Waals surface area (Å²) >= 11 is 6.07. The lowest BCUT2D eigenvalue weighted by Crippen LogP contribution is -2.45. The van der Waals surface area contributed by atoms with Crippen LogP contribution in [0.1, 0.15) is 37.8 Å². The highest BCUT2D eigenvalue weighted by Gasteiger charge is 2.30. The first-order chi connectivity index (χ1) is 8.09. The molecule has 2 atom stereocenters. The van der Waals surface area contributed by atoms with Gasteiger partial charge in [-0.3, -0.25) is 4.90 Å². The molecule has 0 spiro atoms. The van der Waals surface area contributed by atoms with Gasteiger partial charge in [-0.15, -0.1) is 0 Å². The molecular formula is C14H21ClN2. The fraction of sp³-hybridized carbons (Fsp3) is 0.571. The third kappa shape index (κ3) is 2.82. The van der Waals surface area contributed by atoms with Gasteiger partial charge in [0.05, 0.1) is 0 Å². The molecular weight excluding hydrogens is 232 g/mol. The Kier molecular flexibility index (Phi) is 4.08. The maximum absolute atomic E-state index is 6.15. The first-order valence-electron chi connectivity index (χ1n) is 6.32. The number of hydrogen-bond acceptors (Lipinski definition) is 2. The van der Waals surface area contributed by atoms with Crippen molar-refractivity contribution in [2.75, 3.05) is 7.05 Å². The fourth-order valence-electron chi connectivity index (χ4n) is 2.62. The van der Waals surface area contributed by atoms with Crippen molar-refractivity contribution < 1.29 is 0 Å². The lowest BCUT2D eigenvalue weighted by Gasteiger charge is -2.41. The van der Waals surface area contributed by atoms with Crippen LogP contribution < -0.4 is 5.73 Å². The largest absolute Gasteiger partial charge is 0.326 e. The Hall–Kier alpha value is -0.570. The highest BCUT2D eigenvalue weighted by Crippen LogP contribution is 2.33. The van der Waals surface area contributed by atoms with E-state index in [4.69, 9.17) is 17.3 Å². The van der Waals surface area contributed by atoms with Gasteiger partial charge in [-0.25, -0.2) is 0 Å². The van der Waals surface area contributed by atoms with Crippen molar-refractivity contribution in [1.29, 1.82) is 0 Å². The smallest absolute Gasteiger partial charge is 0.0496 e. The van der Waals surface area contributed by atoms with E-state index in [1.807, 2.05) is 18.2 Å². The van der Waals surface area contributed by atoms with Crippen molar-refractivity contribution in [2.45, 2.75) is 44.3 Å². The van der Waals surface area contributed by atoms with Gasteiger partial charge in [-0.2, -0.15) is 0 Å². The lowest BCUT2D eigenvalue weighted by molar-refractivity contribution is 0.0979. The molecule has 0 aromatic heterocycles. The zero-order valence-electron chi connectivity index (χ0n) is 10.6. The Bertz CT molecular complexity index is 374. The van der Waals surface area contributed by atoms with Crippen LogP contribution in [0.15, 0.2) is 24.3 Å². The summed E-state index contributed by atoms with van der Waals surface area (Å²) in [6, 6.07) is 9.12. The Morgan fingerprint density at radius 3 is 2.59 bits per heavy atom. The summed E-state index contributed by atoms with van der Waals surface area (Å²) in [5.74, 6) is 0. The minimum absolute atomic E-state index is 0.110. The maximum atomic E-state index is 6.15. The highest BCUT2D eigenvalue weighted by atomic mass is 35.5. The average molecular weight is 253 g/mol. The summed E-state index contributed by atoms with van der Waals surface area (Å²) in [4.78, 5) is 2.42. The van der Waals surface area contributed by atoms with Crippen molar-refractivity contribution in [3.8, 4) is 0 Å². The van der Waals surface area contributed by atoms with Gasteiger partial charge in [-0.05, 0) is 44.5 Å². The normalized spacial score (nSPS) is 20.1. The predicted molar refractivity (Wildman–Crippen MR) is 73.2 cm³/mol. The molecule has 0 saturated heterocycles. The summed E-state index contributed by atoms with van der Waals surface area (Å²) in [7, 11) is 2.18. The van der Waals surface area contributed by atoms with Crippen LogP contribution in [-0.4, -0.2) is 24.0 Å². The Balaban J connectivity index is 2.21. The van der Waals surface area contributed by atoms with Gasteiger partial charge in [0.2, 0.25) is 0 Å². The van der Waals surface area contributed by atoms with E-state index in [0.717, 1.165) is 5.02 Å². The summed E-state index contributed by atoms with van der Waals surface area (Å²) in [6.45, 7) is 2.07. The highest BCUT2D eigenvalue weighted by molar-refractivity contribution is 6.30. The maximum Gasteiger partial charge on any atom is 0.0496 e. The van der Waals surface area contributed by atoms with E-state index in [1.165, 1.54) is 24.8 Å². The molecule has 0 heterocycles. The molecule has 2 nitrogen and oxygen atoms in total. The van der Waals surface area contributed by atoms with Crippen molar-refractivity contribution in [2.24, 2.45) is 5.73 Å². The molecule has 1 aromatic carbocycles. The number of nitrogens with zero attached hydrogens (tertiary/aromatic N) is 1. The minimum atomic E-state index is 0.110. The number of benzene rings is 1. The number of halogens is 1. The molecule has 1 aliphatic carbocycles. The fourth-order valence-corrected chi connectivity index (χ4v) is 2.82. The zero-order chi connectivity index (χ0) is 12.4. The van der Waals surface area contributed by atoms with Gasteiger partial charge < -0.3 is 5.73 Å². The molecule has 3 heteroatoms. The van der Waals surface area contributed by atoms with Crippen molar-refractivity contribution in [3.05, 3.63) is 34.9 Å². The standard InChI is InChI=1S/C14H21ClN2/c1-10(16)14(17(2)13-7-4-8-13)11-5-3-6-12(15)9-11/h3,5-6,9-10,13-14H,4,7-8,16H2,1-2H3. The van der Waals surface area contributed by atoms with Gasteiger partial charge in [-0.1, -0.05) is 30.2 Å². The first-order valence-corrected chi connectivity index (χ1v) is 6.70. The van der Waals surface area contributed by atoms with Crippen LogP contribution in [-0.2, 0) is 0 Å². The van der Waals surface area contributed by atoms with Crippen molar-refractivity contribution >= 4 is 11.6 Å². The second kappa shape index (κ2) is 5.38. The van der Waals surface area contributed by atoms with Gasteiger partial charge >= 0.3 is 0 Å². The van der Waals surface area contributed by atoms with E-state index in [1.54, 1.807) is 0 Å². The van der Waals surface area contributed by atoms with E-state index < -0.39 is 0 Å². The molecule has 0 aliphatic heterocycles. The van der Waals surface area contributed by atoms with Crippen LogP contribution >= 0.6 is 11.6 Å². The number of rotatable bonds is 4. The second-order valence-electron chi connectivity index (χ2n) is 5.11. The summed E-state index contributed by atoms with van der Waals surface area (Å²) in [6.07, 6.45) is 3.93. The topological polar surface area (TPSA) is 29.3 Å². The molecule has 1 aromatic rings. The van der Waals surface area contributed by atoms with Crippen molar-refractivity contribution in [1.82, 2.24) is 4.90 Å². The molecule has 2 unspecified atom stereocenters. The minimum Gasteiger partial charge on any atom is -0.326 e. The Labute approximate surface area is 109 Å². The second-order valence-corrected chi connectivity index (χ2v) is 5.55. The van der Waals surface area contributed by atoms with E-state index in [2.05, 4.69) is 24.9 Å². The average Bonchev–Trinajstić information content (AvgIpc) is 2.14. The summed E-state index contributed by atoms with van der Waals surface area (Å²) in [5.41, 5.74) is 7.38. The summed E-state index contributed by atoms with van der Waals surface area (Å²) in [5, 5.41) is 0.787. The third-order valence-electron chi connectivity index (χ3n) is 3.78. The van der Waals surface area contributed by atoms with Crippen LogP contribution in [0.2, 0.25) is 5.02 Å². The summed E-state index contributed by atoms with van der Waals surface area (Å²) < 4.78 is 0. The zero-order valence-corrected chi connectivity index (χ0v) is 11.3. The molecule has 1 saturated carbocycles. The molecule has 0 radical (unpaired) electrons. The SMILES string of the molecule is CC(N)C(c1cccc(Cl)c1)N(C)C1CCC1. The first kappa shape index (κ1) is 12.9. The van der Waals surface area contributed by atoms with E-state index in [-0.39, 0.29) is 12.1 Å². The number of hydrogen-bond donors (Lipinski definition) is 1. The van der Waals surface area contributed by atoms with E-state index in [9.17, 15) is 0 Å². The molecule has 1 fully saturated rings. The van der Waals surface area contributed by atoms with Crippen LogP contribution in [0.3, 0.4) is 0 Å². The number of likely N-dealkylation sites (N-methyl/N-ethyl adjacent to an activating group) is 1. The van der Waals surface area contributed by atoms with Crippen LogP contribution in [0, 0.1) is 0 Å². The van der Waals surface area contributed by atoms with Gasteiger partial charge in [0, 0.05) is 23.1 Å². The van der Waals surface area contributed by atoms with Crippen LogP contribution in [0.4, 0.5) is 0 Å². The molecule has 0 amide bonds. The Morgan fingerprint density at radius 1 is 1.41 bits per heavy atom. The molecule has 2 rings (SSSR count). The number of nitrogens with two attached hydrogens (primary N) is 1. The van der Waals surface area contributed by atoms with Gasteiger partial charge in [0.25, 0.3) is 0 Å². The quantitative estimate of drug-likeness (QED) is 0.892. The van der Waals surface area contributed by atoms with E-state index >= 15 is 0 Å². The molecule has 17 heavy (non-hydrogen) atoms. The van der Waals surface area contributed by atoms with Crippen LogP contribution in [0.5, 0.6) is 0 Å². The molecule has 1 aliphatic rings. The lowest BCUT2D eigenvalue weighted by atomic mass is 9.88. The third-order valence-corrected chi connectivity index (χ3v) is 4.01.